The van der Waals surface area contributed by atoms with Crippen LogP contribution in [0.2, 0.25) is 0 Å². The number of allylic oxidation sites excluding steroid dienone is 10. The molecule has 0 aromatic rings. The Morgan fingerprint density at radius 1 is 0.517 bits per heavy atom. The molecule has 0 aliphatic rings. The standard InChI is InChI=1S/C50H90NO8P/c1-6-8-10-12-14-16-18-20-22-23-24-25-26-27-29-31-33-35-37-39-41-43-50(53)59-48(47-58-60(54,55)57-45-44-51(3,4)5)46-56-49(52)42-40-38-36-34-32-30-28-21-19-17-15-13-11-9-7-2/h13,15,22-23,25-26,29,31,35,37,48H,6-12,14,16-21,24,27-28,30,32-34,36,38-47H2,1-5H3/p+1/b15-13+,23-22+,26-25+,31-29+,37-35+/t48-/m1/s1. The molecule has 0 aromatic carbocycles. The highest BCUT2D eigenvalue weighted by atomic mass is 31.2. The van der Waals surface area contributed by atoms with Crippen molar-refractivity contribution in [3.8, 4) is 0 Å². The molecule has 1 N–H and O–H groups in total. The lowest BCUT2D eigenvalue weighted by Crippen LogP contribution is -2.37. The van der Waals surface area contributed by atoms with Crippen molar-refractivity contribution >= 4 is 19.8 Å². The Balaban J connectivity index is 4.41. The van der Waals surface area contributed by atoms with Crippen molar-refractivity contribution in [2.75, 3.05) is 47.5 Å². The zero-order chi connectivity index (χ0) is 44.3. The average Bonchev–Trinajstić information content (AvgIpc) is 3.20. The SMILES string of the molecule is CCCC/C=C/CCCCCCCCCCCC(=O)OC[C@H](COP(=O)(O)OCC[N+](C)(C)C)OC(=O)CCC/C=C/C/C=C/C/C=C/C/C=C/CCCCCCCCC. The first kappa shape index (κ1) is 57.7. The first-order valence-electron chi connectivity index (χ1n) is 24.0. The summed E-state index contributed by atoms with van der Waals surface area (Å²) >= 11 is 0. The number of carbonyl (C=O) groups is 2. The molecule has 348 valence electrons. The normalized spacial score (nSPS) is 14.0. The number of hydrogen-bond donors (Lipinski definition) is 1. The molecular formula is C50H91NO8P+. The van der Waals surface area contributed by atoms with E-state index in [0.29, 0.717) is 23.9 Å². The molecule has 0 aromatic heterocycles. The van der Waals surface area contributed by atoms with Crippen LogP contribution in [0, 0.1) is 0 Å². The van der Waals surface area contributed by atoms with Crippen molar-refractivity contribution < 1.29 is 42.1 Å². The van der Waals surface area contributed by atoms with E-state index in [1.54, 1.807) is 0 Å². The maximum Gasteiger partial charge on any atom is 0.472 e. The molecule has 0 heterocycles. The average molecular weight is 865 g/mol. The highest BCUT2D eigenvalue weighted by Crippen LogP contribution is 2.43. The van der Waals surface area contributed by atoms with Crippen LogP contribution in [0.5, 0.6) is 0 Å². The maximum atomic E-state index is 12.7. The fourth-order valence-corrected chi connectivity index (χ4v) is 6.96. The number of phosphoric acid groups is 1. The van der Waals surface area contributed by atoms with Crippen molar-refractivity contribution in [1.82, 2.24) is 0 Å². The quantitative estimate of drug-likeness (QED) is 0.0212. The molecule has 0 radical (unpaired) electrons. The fourth-order valence-electron chi connectivity index (χ4n) is 6.22. The summed E-state index contributed by atoms with van der Waals surface area (Å²) in [6.07, 6.45) is 51.4. The van der Waals surface area contributed by atoms with Gasteiger partial charge in [0.15, 0.2) is 6.10 Å². The van der Waals surface area contributed by atoms with E-state index in [1.165, 1.54) is 116 Å². The number of ether oxygens (including phenoxy) is 2. The molecule has 0 aliphatic carbocycles. The van der Waals surface area contributed by atoms with Gasteiger partial charge in [-0.1, -0.05) is 171 Å². The molecule has 0 rings (SSSR count). The molecule has 0 aliphatic heterocycles. The lowest BCUT2D eigenvalue weighted by atomic mass is 10.1. The molecule has 1 unspecified atom stereocenters. The summed E-state index contributed by atoms with van der Waals surface area (Å²) in [5.74, 6) is -0.867. The first-order valence-corrected chi connectivity index (χ1v) is 25.5. The number of hydrogen-bond acceptors (Lipinski definition) is 7. The van der Waals surface area contributed by atoms with Crippen molar-refractivity contribution in [3.05, 3.63) is 60.8 Å². The molecule has 0 saturated heterocycles. The van der Waals surface area contributed by atoms with Gasteiger partial charge in [0.2, 0.25) is 0 Å². The molecule has 9 nitrogen and oxygen atoms in total. The van der Waals surface area contributed by atoms with Gasteiger partial charge in [-0.15, -0.1) is 0 Å². The van der Waals surface area contributed by atoms with E-state index in [0.717, 1.165) is 38.5 Å². The van der Waals surface area contributed by atoms with Crippen molar-refractivity contribution in [3.63, 3.8) is 0 Å². The minimum atomic E-state index is -4.39. The Hall–Kier alpha value is -2.29. The number of unbranched alkanes of at least 4 members (excludes halogenated alkanes) is 19. The lowest BCUT2D eigenvalue weighted by molar-refractivity contribution is -0.870. The monoisotopic (exact) mass is 865 g/mol. The molecule has 2 atom stereocenters. The van der Waals surface area contributed by atoms with Gasteiger partial charge in [0.25, 0.3) is 0 Å². The summed E-state index contributed by atoms with van der Waals surface area (Å²) in [5.41, 5.74) is 0. The summed E-state index contributed by atoms with van der Waals surface area (Å²) in [6, 6.07) is 0. The van der Waals surface area contributed by atoms with E-state index in [4.69, 9.17) is 18.5 Å². The molecule has 60 heavy (non-hydrogen) atoms. The van der Waals surface area contributed by atoms with Gasteiger partial charge < -0.3 is 18.9 Å². The topological polar surface area (TPSA) is 108 Å². The van der Waals surface area contributed by atoms with Crippen LogP contribution in [0.15, 0.2) is 60.8 Å². The summed E-state index contributed by atoms with van der Waals surface area (Å²) in [6.45, 7) is 4.33. The second-order valence-electron chi connectivity index (χ2n) is 17.1. The Labute approximate surface area is 368 Å². The van der Waals surface area contributed by atoms with Crippen LogP contribution in [-0.2, 0) is 32.7 Å². The Morgan fingerprint density at radius 2 is 0.933 bits per heavy atom. The Morgan fingerprint density at radius 3 is 1.45 bits per heavy atom. The number of likely N-dealkylation sites (N-methyl/N-ethyl adjacent to an activating group) is 1. The summed E-state index contributed by atoms with van der Waals surface area (Å²) in [5, 5.41) is 0. The van der Waals surface area contributed by atoms with Crippen molar-refractivity contribution in [1.29, 1.82) is 0 Å². The third kappa shape index (κ3) is 45.2. The first-order chi connectivity index (χ1) is 29.0. The predicted octanol–water partition coefficient (Wildman–Crippen LogP) is 14.0. The molecular weight excluding hydrogens is 774 g/mol. The molecule has 0 fully saturated rings. The van der Waals surface area contributed by atoms with Crippen LogP contribution < -0.4 is 0 Å². The van der Waals surface area contributed by atoms with Crippen molar-refractivity contribution in [2.45, 2.75) is 200 Å². The summed E-state index contributed by atoms with van der Waals surface area (Å²) in [7, 11) is 1.44. The molecule has 0 bridgehead atoms. The Kier molecular flexibility index (Phi) is 40.4. The zero-order valence-corrected chi connectivity index (χ0v) is 40.1. The van der Waals surface area contributed by atoms with Gasteiger partial charge in [-0.2, -0.15) is 0 Å². The van der Waals surface area contributed by atoms with Gasteiger partial charge in [-0.3, -0.25) is 18.6 Å². The smallest absolute Gasteiger partial charge is 0.462 e. The molecule has 0 saturated carbocycles. The highest BCUT2D eigenvalue weighted by molar-refractivity contribution is 7.47. The van der Waals surface area contributed by atoms with Gasteiger partial charge >= 0.3 is 19.8 Å². The van der Waals surface area contributed by atoms with Crippen LogP contribution in [0.3, 0.4) is 0 Å². The van der Waals surface area contributed by atoms with Crippen LogP contribution >= 0.6 is 7.82 Å². The van der Waals surface area contributed by atoms with E-state index < -0.39 is 26.5 Å². The number of quaternary nitrogens is 1. The number of rotatable bonds is 43. The van der Waals surface area contributed by atoms with Crippen LogP contribution in [0.4, 0.5) is 0 Å². The van der Waals surface area contributed by atoms with E-state index >= 15 is 0 Å². The zero-order valence-electron chi connectivity index (χ0n) is 39.2. The second-order valence-corrected chi connectivity index (χ2v) is 18.6. The summed E-state index contributed by atoms with van der Waals surface area (Å²) in [4.78, 5) is 35.4. The van der Waals surface area contributed by atoms with Gasteiger partial charge in [-0.25, -0.2) is 4.57 Å². The predicted molar refractivity (Wildman–Crippen MR) is 252 cm³/mol. The minimum absolute atomic E-state index is 0.0193. The maximum absolute atomic E-state index is 12.7. The number of esters is 2. The van der Waals surface area contributed by atoms with Crippen LogP contribution in [0.25, 0.3) is 0 Å². The van der Waals surface area contributed by atoms with E-state index in [1.807, 2.05) is 21.1 Å². The molecule has 0 spiro atoms. The number of nitrogens with zero attached hydrogens (tertiary/aromatic N) is 1. The highest BCUT2D eigenvalue weighted by Gasteiger charge is 2.27. The number of phosphoric ester groups is 1. The van der Waals surface area contributed by atoms with Crippen LogP contribution in [-0.4, -0.2) is 74.9 Å². The number of carbonyl (C=O) groups excluding carboxylic acids is 2. The van der Waals surface area contributed by atoms with Gasteiger partial charge in [0.05, 0.1) is 27.7 Å². The van der Waals surface area contributed by atoms with E-state index in [9.17, 15) is 19.0 Å². The third-order valence-corrected chi connectivity index (χ3v) is 11.0. The van der Waals surface area contributed by atoms with Crippen LogP contribution in [0.1, 0.15) is 194 Å². The van der Waals surface area contributed by atoms with Gasteiger partial charge in [0, 0.05) is 12.8 Å². The van der Waals surface area contributed by atoms with E-state index in [2.05, 4.69) is 74.6 Å². The Bertz CT molecular complexity index is 1210. The minimum Gasteiger partial charge on any atom is -0.462 e. The molecule has 10 heteroatoms. The fraction of sp³-hybridized carbons (Fsp3) is 0.760. The van der Waals surface area contributed by atoms with Gasteiger partial charge in [-0.05, 0) is 70.6 Å². The molecule has 0 amide bonds. The van der Waals surface area contributed by atoms with Crippen molar-refractivity contribution in [2.24, 2.45) is 0 Å². The lowest BCUT2D eigenvalue weighted by Gasteiger charge is -2.24. The summed E-state index contributed by atoms with van der Waals surface area (Å²) < 4.78 is 34.3. The largest absolute Gasteiger partial charge is 0.472 e. The van der Waals surface area contributed by atoms with Gasteiger partial charge in [0.1, 0.15) is 19.8 Å². The second kappa shape index (κ2) is 42.0. The van der Waals surface area contributed by atoms with E-state index in [-0.39, 0.29) is 32.0 Å². The third-order valence-electron chi connectivity index (χ3n) is 10.0.